The van der Waals surface area contributed by atoms with Crippen molar-refractivity contribution in [2.75, 3.05) is 39.0 Å². The molecule has 8 heteroatoms. The van der Waals surface area contributed by atoms with Crippen LogP contribution in [0, 0.1) is 0 Å². The minimum absolute atomic E-state index is 0.0398. The first-order valence-electron chi connectivity index (χ1n) is 13.7. The smallest absolute Gasteiger partial charge is 0.408 e. The molecular weight excluding hydrogens is 476 g/mol. The van der Waals surface area contributed by atoms with Crippen LogP contribution in [0.15, 0.2) is 48.8 Å². The molecule has 1 saturated carbocycles. The standard InChI is InChI=1S/C30H42N6O2/c1-21(32-28(37)38-29(2,3)4)26-17-36-16-24(23-12-13-23)14-25(27(36)33-26)31-18-30(19-34(5)20-30)35(6)15-22-10-8-7-9-11-22/h7-11,14,16-17,21,23,31H,12-13,15,18-20H2,1-6H3,(H,32,37). The lowest BCUT2D eigenvalue weighted by atomic mass is 9.87. The van der Waals surface area contributed by atoms with Crippen molar-refractivity contribution in [2.45, 2.75) is 70.2 Å². The molecule has 2 fully saturated rings. The van der Waals surface area contributed by atoms with Gasteiger partial charge in [0.05, 0.1) is 23.0 Å². The fourth-order valence-corrected chi connectivity index (χ4v) is 5.41. The number of imidazole rings is 1. The molecule has 1 aliphatic carbocycles. The van der Waals surface area contributed by atoms with Gasteiger partial charge in [0.15, 0.2) is 5.65 Å². The van der Waals surface area contributed by atoms with E-state index in [-0.39, 0.29) is 11.6 Å². The molecular formula is C30H42N6O2. The van der Waals surface area contributed by atoms with Crippen molar-refractivity contribution >= 4 is 17.4 Å². The van der Waals surface area contributed by atoms with Gasteiger partial charge in [-0.25, -0.2) is 9.78 Å². The van der Waals surface area contributed by atoms with Gasteiger partial charge in [-0.1, -0.05) is 30.3 Å². The van der Waals surface area contributed by atoms with Crippen molar-refractivity contribution in [1.82, 2.24) is 24.5 Å². The second kappa shape index (κ2) is 10.2. The predicted octanol–water partition coefficient (Wildman–Crippen LogP) is 5.03. The maximum atomic E-state index is 12.4. The zero-order chi connectivity index (χ0) is 27.1. The van der Waals surface area contributed by atoms with Crippen molar-refractivity contribution < 1.29 is 9.53 Å². The Morgan fingerprint density at radius 1 is 1.21 bits per heavy atom. The molecule has 38 heavy (non-hydrogen) atoms. The number of aromatic nitrogens is 2. The highest BCUT2D eigenvalue weighted by Crippen LogP contribution is 2.41. The number of amides is 1. The number of ether oxygens (including phenoxy) is 1. The third-order valence-corrected chi connectivity index (χ3v) is 7.63. The Hall–Kier alpha value is -3.10. The summed E-state index contributed by atoms with van der Waals surface area (Å²) in [5.41, 5.74) is 4.91. The molecule has 2 aliphatic rings. The highest BCUT2D eigenvalue weighted by atomic mass is 16.6. The first kappa shape index (κ1) is 26.5. The number of likely N-dealkylation sites (N-methyl/N-ethyl adjacent to an activating group) is 2. The largest absolute Gasteiger partial charge is 0.444 e. The summed E-state index contributed by atoms with van der Waals surface area (Å²) in [6.45, 7) is 11.3. The molecule has 3 aromatic rings. The Morgan fingerprint density at radius 2 is 1.92 bits per heavy atom. The molecule has 0 radical (unpaired) electrons. The van der Waals surface area contributed by atoms with E-state index >= 15 is 0 Å². The molecule has 3 heterocycles. The number of pyridine rings is 1. The van der Waals surface area contributed by atoms with Crippen LogP contribution in [0.2, 0.25) is 0 Å². The number of fused-ring (bicyclic) bond motifs is 1. The van der Waals surface area contributed by atoms with E-state index < -0.39 is 11.7 Å². The first-order chi connectivity index (χ1) is 18.0. The lowest BCUT2D eigenvalue weighted by molar-refractivity contribution is -0.0221. The van der Waals surface area contributed by atoms with E-state index in [1.54, 1.807) is 0 Å². The number of carbonyl (C=O) groups is 1. The van der Waals surface area contributed by atoms with E-state index in [4.69, 9.17) is 9.72 Å². The third-order valence-electron chi connectivity index (χ3n) is 7.63. The molecule has 1 saturated heterocycles. The minimum Gasteiger partial charge on any atom is -0.444 e. The number of carbonyl (C=O) groups excluding carboxylic acids is 1. The highest BCUT2D eigenvalue weighted by molar-refractivity contribution is 5.71. The molecule has 1 aromatic carbocycles. The summed E-state index contributed by atoms with van der Waals surface area (Å²) in [5.74, 6) is 0.618. The highest BCUT2D eigenvalue weighted by Gasteiger charge is 2.44. The molecule has 5 rings (SSSR count). The normalized spacial score (nSPS) is 18.3. The summed E-state index contributed by atoms with van der Waals surface area (Å²) in [6, 6.07) is 12.7. The van der Waals surface area contributed by atoms with Gasteiger partial charge in [0.25, 0.3) is 0 Å². The van der Waals surface area contributed by atoms with Gasteiger partial charge in [-0.2, -0.15) is 0 Å². The van der Waals surface area contributed by atoms with Crippen LogP contribution in [0.3, 0.4) is 0 Å². The van der Waals surface area contributed by atoms with Gasteiger partial charge in [0.1, 0.15) is 5.60 Å². The maximum absolute atomic E-state index is 12.4. The van der Waals surface area contributed by atoms with E-state index in [1.807, 2.05) is 33.9 Å². The molecule has 2 aromatic heterocycles. The van der Waals surface area contributed by atoms with Gasteiger partial charge in [-0.15, -0.1) is 0 Å². The minimum atomic E-state index is -0.543. The number of nitrogens with one attached hydrogen (secondary N) is 2. The van der Waals surface area contributed by atoms with E-state index in [0.29, 0.717) is 5.92 Å². The number of benzene rings is 1. The summed E-state index contributed by atoms with van der Waals surface area (Å²) in [6.07, 6.45) is 6.26. The second-order valence-corrected chi connectivity index (χ2v) is 12.3. The van der Waals surface area contributed by atoms with E-state index in [0.717, 1.165) is 43.2 Å². The van der Waals surface area contributed by atoms with Gasteiger partial charge in [-0.3, -0.25) is 4.90 Å². The van der Waals surface area contributed by atoms with Crippen LogP contribution in [0.5, 0.6) is 0 Å². The molecule has 1 amide bonds. The molecule has 0 spiro atoms. The maximum Gasteiger partial charge on any atom is 0.408 e. The number of likely N-dealkylation sites (tertiary alicyclic amines) is 1. The van der Waals surface area contributed by atoms with Crippen LogP contribution in [0.1, 0.15) is 69.3 Å². The Labute approximate surface area is 226 Å². The number of alkyl carbamates (subject to hydrolysis) is 1. The SMILES string of the molecule is CC(NC(=O)OC(C)(C)C)c1cn2cc(C3CC3)cc(NCC3(N(C)Cc4ccccc4)CN(C)C3)c2n1. The number of anilines is 1. The van der Waals surface area contributed by atoms with Gasteiger partial charge < -0.3 is 24.7 Å². The zero-order valence-corrected chi connectivity index (χ0v) is 23.6. The Morgan fingerprint density at radius 3 is 2.55 bits per heavy atom. The molecule has 0 bridgehead atoms. The molecule has 204 valence electrons. The Balaban J connectivity index is 1.36. The fourth-order valence-electron chi connectivity index (χ4n) is 5.41. The predicted molar refractivity (Wildman–Crippen MR) is 152 cm³/mol. The van der Waals surface area contributed by atoms with Crippen molar-refractivity contribution in [2.24, 2.45) is 0 Å². The molecule has 2 N–H and O–H groups in total. The van der Waals surface area contributed by atoms with Crippen molar-refractivity contribution in [3.63, 3.8) is 0 Å². The summed E-state index contributed by atoms with van der Waals surface area (Å²) in [5, 5.41) is 6.73. The van der Waals surface area contributed by atoms with Gasteiger partial charge in [-0.05, 0) is 77.7 Å². The van der Waals surface area contributed by atoms with Crippen LogP contribution in [0.4, 0.5) is 10.5 Å². The topological polar surface area (TPSA) is 74.1 Å². The van der Waals surface area contributed by atoms with E-state index in [9.17, 15) is 4.79 Å². The summed E-state index contributed by atoms with van der Waals surface area (Å²) >= 11 is 0. The Bertz CT molecular complexity index is 1270. The van der Waals surface area contributed by atoms with Crippen LogP contribution >= 0.6 is 0 Å². The fraction of sp³-hybridized carbons (Fsp3) is 0.533. The average molecular weight is 519 g/mol. The van der Waals surface area contributed by atoms with Crippen molar-refractivity contribution in [1.29, 1.82) is 0 Å². The Kier molecular flexibility index (Phi) is 7.13. The number of rotatable bonds is 9. The lowest BCUT2D eigenvalue weighted by Crippen LogP contribution is -2.70. The van der Waals surface area contributed by atoms with Crippen LogP contribution < -0.4 is 10.6 Å². The molecule has 1 aliphatic heterocycles. The van der Waals surface area contributed by atoms with Crippen LogP contribution in [0.25, 0.3) is 5.65 Å². The second-order valence-electron chi connectivity index (χ2n) is 12.3. The number of hydrogen-bond acceptors (Lipinski definition) is 6. The average Bonchev–Trinajstić information content (AvgIpc) is 3.58. The zero-order valence-electron chi connectivity index (χ0n) is 23.6. The number of nitrogens with zero attached hydrogens (tertiary/aromatic N) is 4. The summed E-state index contributed by atoms with van der Waals surface area (Å²) in [7, 11) is 4.41. The third kappa shape index (κ3) is 5.97. The number of hydrogen-bond donors (Lipinski definition) is 2. The van der Waals surface area contributed by atoms with Gasteiger partial charge in [0, 0.05) is 38.6 Å². The summed E-state index contributed by atoms with van der Waals surface area (Å²) in [4.78, 5) is 22.2. The van der Waals surface area contributed by atoms with Crippen molar-refractivity contribution in [3.8, 4) is 0 Å². The van der Waals surface area contributed by atoms with Gasteiger partial charge >= 0.3 is 6.09 Å². The molecule has 1 atom stereocenters. The van der Waals surface area contributed by atoms with E-state index in [1.165, 1.54) is 24.0 Å². The monoisotopic (exact) mass is 518 g/mol. The van der Waals surface area contributed by atoms with Crippen LogP contribution in [-0.4, -0.2) is 70.1 Å². The van der Waals surface area contributed by atoms with Crippen LogP contribution in [-0.2, 0) is 11.3 Å². The van der Waals surface area contributed by atoms with Gasteiger partial charge in [0.2, 0.25) is 0 Å². The quantitative estimate of drug-likeness (QED) is 0.414. The molecule has 1 unspecified atom stereocenters. The molecule has 8 nitrogen and oxygen atoms in total. The van der Waals surface area contributed by atoms with E-state index in [2.05, 4.69) is 81.5 Å². The summed E-state index contributed by atoms with van der Waals surface area (Å²) < 4.78 is 7.57. The lowest BCUT2D eigenvalue weighted by Gasteiger charge is -2.54. The van der Waals surface area contributed by atoms with Crippen molar-refractivity contribution in [3.05, 3.63) is 65.6 Å². The first-order valence-corrected chi connectivity index (χ1v) is 13.7.